The molecule has 6 rings (SSSR count). The first kappa shape index (κ1) is 24.4. The highest BCUT2D eigenvalue weighted by Gasteiger charge is 2.55. The van der Waals surface area contributed by atoms with Gasteiger partial charge in [-0.1, -0.05) is 47.6 Å². The molecule has 1 aliphatic heterocycles. The van der Waals surface area contributed by atoms with Gasteiger partial charge in [0.2, 0.25) is 0 Å². The van der Waals surface area contributed by atoms with Crippen LogP contribution in [0.15, 0.2) is 29.4 Å². The molecule has 2 N–H and O–H groups in total. The van der Waals surface area contributed by atoms with Crippen molar-refractivity contribution in [2.75, 3.05) is 17.7 Å². The Labute approximate surface area is 219 Å². The van der Waals surface area contributed by atoms with Crippen molar-refractivity contribution in [1.82, 2.24) is 25.0 Å². The molecule has 0 spiro atoms. The number of aromatic nitrogens is 5. The molecule has 3 aromatic rings. The standard InChI is InChI=1S/C25H31ClN6O3S/c1-4-8-36-24-28-22(27-17-11-16(17)13-6-5-7-15(26)9-13)19-23(29-24)32(31-30-19)18-10-14(12-33)20-21(18)35-25(2,3)34-20/h5-7,9,14,16-18,20-21,33H,4,8,10-12H2,1-3H3,(H,27,28,29). The summed E-state index contributed by atoms with van der Waals surface area (Å²) < 4.78 is 14.3. The smallest absolute Gasteiger partial charge is 0.191 e. The summed E-state index contributed by atoms with van der Waals surface area (Å²) in [5.41, 5.74) is 2.55. The normalized spacial score (nSPS) is 30.6. The molecule has 3 fully saturated rings. The lowest BCUT2D eigenvalue weighted by Gasteiger charge is -2.23. The Morgan fingerprint density at radius 2 is 2.06 bits per heavy atom. The summed E-state index contributed by atoms with van der Waals surface area (Å²) in [4.78, 5) is 9.70. The summed E-state index contributed by atoms with van der Waals surface area (Å²) in [6, 6.07) is 8.15. The summed E-state index contributed by atoms with van der Waals surface area (Å²) in [5.74, 6) is 1.27. The topological polar surface area (TPSA) is 107 Å². The van der Waals surface area contributed by atoms with Crippen molar-refractivity contribution < 1.29 is 14.6 Å². The first-order valence-electron chi connectivity index (χ1n) is 12.6. The Bertz CT molecular complexity index is 1270. The number of halogens is 1. The number of hydrogen-bond donors (Lipinski definition) is 2. The molecule has 2 aromatic heterocycles. The monoisotopic (exact) mass is 530 g/mol. The molecular weight excluding hydrogens is 500 g/mol. The van der Waals surface area contributed by atoms with E-state index >= 15 is 0 Å². The Kier molecular flexibility index (Phi) is 6.36. The predicted molar refractivity (Wildman–Crippen MR) is 138 cm³/mol. The number of hydrogen-bond acceptors (Lipinski definition) is 9. The van der Waals surface area contributed by atoms with Crippen molar-refractivity contribution in [3.8, 4) is 0 Å². The first-order valence-corrected chi connectivity index (χ1v) is 14.0. The number of nitrogens with one attached hydrogen (secondary N) is 1. The van der Waals surface area contributed by atoms with Crippen LogP contribution in [0.4, 0.5) is 5.82 Å². The largest absolute Gasteiger partial charge is 0.396 e. The second-order valence-electron chi connectivity index (χ2n) is 10.4. The van der Waals surface area contributed by atoms with Crippen LogP contribution in [0.2, 0.25) is 5.02 Å². The minimum absolute atomic E-state index is 0.0284. The molecule has 1 aromatic carbocycles. The minimum atomic E-state index is -0.705. The van der Waals surface area contributed by atoms with Crippen molar-refractivity contribution >= 4 is 40.3 Å². The average Bonchev–Trinajstić information content (AvgIpc) is 3.18. The summed E-state index contributed by atoms with van der Waals surface area (Å²) >= 11 is 7.84. The van der Waals surface area contributed by atoms with Crippen molar-refractivity contribution in [3.63, 3.8) is 0 Å². The summed E-state index contributed by atoms with van der Waals surface area (Å²) in [7, 11) is 0. The fraction of sp³-hybridized carbons (Fsp3) is 0.600. The number of ether oxygens (including phenoxy) is 2. The van der Waals surface area contributed by atoms with Gasteiger partial charge in [0.05, 0.1) is 12.1 Å². The van der Waals surface area contributed by atoms with Gasteiger partial charge in [-0.2, -0.15) is 0 Å². The molecule has 192 valence electrons. The molecule has 3 heterocycles. The zero-order chi connectivity index (χ0) is 25.0. The molecule has 36 heavy (non-hydrogen) atoms. The van der Waals surface area contributed by atoms with E-state index in [0.717, 1.165) is 23.6 Å². The third kappa shape index (κ3) is 4.47. The maximum absolute atomic E-state index is 10.0. The number of fused-ring (bicyclic) bond motifs is 2. The highest BCUT2D eigenvalue weighted by molar-refractivity contribution is 7.99. The molecule has 11 heteroatoms. The van der Waals surface area contributed by atoms with Crippen LogP contribution in [0.5, 0.6) is 0 Å². The summed E-state index contributed by atoms with van der Waals surface area (Å²) in [5, 5.41) is 24.1. The van der Waals surface area contributed by atoms with E-state index in [9.17, 15) is 5.11 Å². The van der Waals surface area contributed by atoms with Crippen LogP contribution in [0.1, 0.15) is 57.6 Å². The zero-order valence-electron chi connectivity index (χ0n) is 20.6. The molecule has 6 atom stereocenters. The zero-order valence-corrected chi connectivity index (χ0v) is 22.2. The van der Waals surface area contributed by atoms with E-state index in [0.29, 0.717) is 34.5 Å². The SMILES string of the molecule is CCCSc1nc(NC2CC2c2cccc(Cl)c2)c2nnn(C3CC(CO)C4OC(C)(C)OC43)c2n1. The molecule has 2 aliphatic carbocycles. The van der Waals surface area contributed by atoms with Gasteiger partial charge in [-0.15, -0.1) is 5.10 Å². The Balaban J connectivity index is 1.33. The number of rotatable bonds is 8. The fourth-order valence-electron chi connectivity index (χ4n) is 5.50. The van der Waals surface area contributed by atoms with Crippen LogP contribution in [0.3, 0.4) is 0 Å². The quantitative estimate of drug-likeness (QED) is 0.323. The second-order valence-corrected chi connectivity index (χ2v) is 11.9. The highest BCUT2D eigenvalue weighted by atomic mass is 35.5. The number of benzene rings is 1. The molecule has 6 unspecified atom stereocenters. The highest BCUT2D eigenvalue weighted by Crippen LogP contribution is 2.48. The molecule has 2 saturated carbocycles. The second kappa shape index (κ2) is 9.40. The van der Waals surface area contributed by atoms with Gasteiger partial charge in [-0.05, 0) is 50.8 Å². The van der Waals surface area contributed by atoms with Crippen LogP contribution >= 0.6 is 23.4 Å². The van der Waals surface area contributed by atoms with Gasteiger partial charge in [0.25, 0.3) is 0 Å². The van der Waals surface area contributed by atoms with E-state index < -0.39 is 5.79 Å². The minimum Gasteiger partial charge on any atom is -0.396 e. The van der Waals surface area contributed by atoms with Gasteiger partial charge >= 0.3 is 0 Å². The van der Waals surface area contributed by atoms with Gasteiger partial charge in [0.1, 0.15) is 6.10 Å². The first-order chi connectivity index (χ1) is 17.4. The van der Waals surface area contributed by atoms with Crippen LogP contribution in [0.25, 0.3) is 11.2 Å². The van der Waals surface area contributed by atoms with Crippen LogP contribution in [-0.2, 0) is 9.47 Å². The Morgan fingerprint density at radius 3 is 2.83 bits per heavy atom. The van der Waals surface area contributed by atoms with Crippen LogP contribution in [-0.4, -0.2) is 66.5 Å². The van der Waals surface area contributed by atoms with E-state index in [-0.39, 0.29) is 36.8 Å². The van der Waals surface area contributed by atoms with Crippen molar-refractivity contribution in [1.29, 1.82) is 0 Å². The number of aliphatic hydroxyl groups excluding tert-OH is 1. The third-order valence-corrected chi connectivity index (χ3v) is 8.52. The van der Waals surface area contributed by atoms with Crippen LogP contribution in [0, 0.1) is 5.92 Å². The van der Waals surface area contributed by atoms with Crippen molar-refractivity contribution in [2.24, 2.45) is 5.92 Å². The maximum atomic E-state index is 10.0. The molecule has 3 aliphatic rings. The molecular formula is C25H31ClN6O3S. The Morgan fingerprint density at radius 1 is 1.22 bits per heavy atom. The number of thioether (sulfide) groups is 1. The van der Waals surface area contributed by atoms with Gasteiger partial charge in [-0.25, -0.2) is 14.6 Å². The molecule has 1 saturated heterocycles. The maximum Gasteiger partial charge on any atom is 0.191 e. The van der Waals surface area contributed by atoms with E-state index in [1.54, 1.807) is 11.8 Å². The number of nitrogens with zero attached hydrogens (tertiary/aromatic N) is 5. The summed E-state index contributed by atoms with van der Waals surface area (Å²) in [6.45, 7) is 6.00. The van der Waals surface area contributed by atoms with Gasteiger partial charge < -0.3 is 19.9 Å². The van der Waals surface area contributed by atoms with E-state index in [4.69, 9.17) is 31.0 Å². The van der Waals surface area contributed by atoms with Crippen molar-refractivity contribution in [3.05, 3.63) is 34.9 Å². The van der Waals surface area contributed by atoms with E-state index in [2.05, 4.69) is 28.6 Å². The molecule has 9 nitrogen and oxygen atoms in total. The summed E-state index contributed by atoms with van der Waals surface area (Å²) in [6.07, 6.45) is 2.30. The van der Waals surface area contributed by atoms with E-state index in [1.807, 2.05) is 36.7 Å². The van der Waals surface area contributed by atoms with Gasteiger partial charge in [-0.3, -0.25) is 0 Å². The lowest BCUT2D eigenvalue weighted by molar-refractivity contribution is -0.162. The van der Waals surface area contributed by atoms with Gasteiger partial charge in [0.15, 0.2) is 27.9 Å². The molecule has 0 amide bonds. The lowest BCUT2D eigenvalue weighted by atomic mass is 10.1. The fourth-order valence-corrected chi connectivity index (χ4v) is 6.40. The molecule has 0 bridgehead atoms. The number of aliphatic hydroxyl groups is 1. The van der Waals surface area contributed by atoms with Gasteiger partial charge in [0, 0.05) is 35.3 Å². The van der Waals surface area contributed by atoms with Crippen LogP contribution < -0.4 is 5.32 Å². The lowest BCUT2D eigenvalue weighted by Crippen LogP contribution is -2.28. The van der Waals surface area contributed by atoms with Crippen molar-refractivity contribution in [2.45, 2.75) is 81.2 Å². The molecule has 0 radical (unpaired) electrons. The Hall–Kier alpha value is -1.98. The average molecular weight is 531 g/mol. The van der Waals surface area contributed by atoms with E-state index in [1.165, 1.54) is 5.56 Å². The third-order valence-electron chi connectivity index (χ3n) is 7.23. The number of anilines is 1. The predicted octanol–water partition coefficient (Wildman–Crippen LogP) is 4.42.